The molecule has 20 heavy (non-hydrogen) atoms. The predicted octanol–water partition coefficient (Wildman–Crippen LogP) is 5.35. The van der Waals surface area contributed by atoms with Gasteiger partial charge in [-0.25, -0.2) is 0 Å². The molecular formula is C17H16Cl2O. The van der Waals surface area contributed by atoms with Crippen molar-refractivity contribution in [3.63, 3.8) is 0 Å². The Labute approximate surface area is 129 Å². The molecule has 0 N–H and O–H groups in total. The molecule has 0 fully saturated rings. The molecule has 0 saturated carbocycles. The second-order valence-electron chi connectivity index (χ2n) is 4.62. The van der Waals surface area contributed by atoms with Crippen LogP contribution in [0.1, 0.15) is 40.9 Å². The molecule has 0 aliphatic heterocycles. The summed E-state index contributed by atoms with van der Waals surface area (Å²) in [7, 11) is 0. The fourth-order valence-electron chi connectivity index (χ4n) is 2.28. The third-order valence-electron chi connectivity index (χ3n) is 3.43. The molecule has 0 aliphatic rings. The first kappa shape index (κ1) is 15.1. The van der Waals surface area contributed by atoms with E-state index in [1.165, 1.54) is 11.1 Å². The summed E-state index contributed by atoms with van der Waals surface area (Å²) in [6.45, 7) is 4.21. The summed E-state index contributed by atoms with van der Waals surface area (Å²) in [5.74, 6) is -0.0881. The molecule has 0 saturated heterocycles. The molecule has 2 rings (SSSR count). The van der Waals surface area contributed by atoms with Crippen molar-refractivity contribution in [1.82, 2.24) is 0 Å². The van der Waals surface area contributed by atoms with Crippen LogP contribution in [0.3, 0.4) is 0 Å². The second-order valence-corrected chi connectivity index (χ2v) is 5.41. The quantitative estimate of drug-likeness (QED) is 0.696. The average molecular weight is 307 g/mol. The summed E-state index contributed by atoms with van der Waals surface area (Å²) in [6, 6.07) is 11.0. The number of hydrogen-bond acceptors (Lipinski definition) is 1. The number of hydrogen-bond donors (Lipinski definition) is 0. The number of halogens is 2. The van der Waals surface area contributed by atoms with Gasteiger partial charge in [0.15, 0.2) is 5.78 Å². The standard InChI is InChI=1S/C17H16Cl2O/c1-3-11-8-9-13(10-12(11)4-2)17(20)14-6-5-7-15(18)16(14)19/h5-10H,3-4H2,1-2H3. The van der Waals surface area contributed by atoms with Crippen molar-refractivity contribution in [3.05, 3.63) is 68.7 Å². The molecule has 0 aliphatic carbocycles. The lowest BCUT2D eigenvalue weighted by Crippen LogP contribution is -2.04. The van der Waals surface area contributed by atoms with Crippen LogP contribution in [0.4, 0.5) is 0 Å². The highest BCUT2D eigenvalue weighted by Crippen LogP contribution is 2.28. The molecule has 0 atom stereocenters. The lowest BCUT2D eigenvalue weighted by molar-refractivity contribution is 0.103. The molecule has 0 radical (unpaired) electrons. The molecule has 1 nitrogen and oxygen atoms in total. The molecular weight excluding hydrogens is 291 g/mol. The zero-order valence-corrected chi connectivity index (χ0v) is 13.1. The third kappa shape index (κ3) is 2.89. The number of aryl methyl sites for hydroxylation is 2. The molecule has 3 heteroatoms. The molecule has 0 spiro atoms. The highest BCUT2D eigenvalue weighted by atomic mass is 35.5. The minimum Gasteiger partial charge on any atom is -0.289 e. The molecule has 0 amide bonds. The number of carbonyl (C=O) groups is 1. The highest BCUT2D eigenvalue weighted by Gasteiger charge is 2.15. The fraction of sp³-hybridized carbons (Fsp3) is 0.235. The van der Waals surface area contributed by atoms with E-state index in [1.54, 1.807) is 18.2 Å². The summed E-state index contributed by atoms with van der Waals surface area (Å²) in [6.07, 6.45) is 1.88. The van der Waals surface area contributed by atoms with Crippen molar-refractivity contribution in [1.29, 1.82) is 0 Å². The van der Waals surface area contributed by atoms with E-state index in [9.17, 15) is 4.79 Å². The van der Waals surface area contributed by atoms with Gasteiger partial charge in [-0.1, -0.05) is 55.2 Å². The maximum absolute atomic E-state index is 12.5. The van der Waals surface area contributed by atoms with Crippen LogP contribution in [0.15, 0.2) is 36.4 Å². The zero-order valence-electron chi connectivity index (χ0n) is 11.5. The van der Waals surface area contributed by atoms with Crippen LogP contribution in [-0.4, -0.2) is 5.78 Å². The van der Waals surface area contributed by atoms with Crippen LogP contribution in [-0.2, 0) is 12.8 Å². The van der Waals surface area contributed by atoms with E-state index in [2.05, 4.69) is 13.8 Å². The highest BCUT2D eigenvalue weighted by molar-refractivity contribution is 6.44. The van der Waals surface area contributed by atoms with Crippen molar-refractivity contribution in [2.24, 2.45) is 0 Å². The van der Waals surface area contributed by atoms with E-state index in [0.29, 0.717) is 21.2 Å². The van der Waals surface area contributed by atoms with Gasteiger partial charge in [0.1, 0.15) is 0 Å². The molecule has 2 aromatic carbocycles. The summed E-state index contributed by atoms with van der Waals surface area (Å²) in [5, 5.41) is 0.718. The zero-order chi connectivity index (χ0) is 14.7. The lowest BCUT2D eigenvalue weighted by Gasteiger charge is -2.09. The first-order valence-electron chi connectivity index (χ1n) is 6.69. The smallest absolute Gasteiger partial charge is 0.194 e. The summed E-state index contributed by atoms with van der Waals surface area (Å²) < 4.78 is 0. The minimum atomic E-state index is -0.0881. The van der Waals surface area contributed by atoms with Gasteiger partial charge in [0.05, 0.1) is 10.0 Å². The van der Waals surface area contributed by atoms with Crippen LogP contribution in [0.5, 0.6) is 0 Å². The predicted molar refractivity (Wildman–Crippen MR) is 85.1 cm³/mol. The maximum atomic E-state index is 12.5. The van der Waals surface area contributed by atoms with Crippen LogP contribution < -0.4 is 0 Å². The second kappa shape index (κ2) is 6.43. The van der Waals surface area contributed by atoms with Gasteiger partial charge in [0.2, 0.25) is 0 Å². The molecule has 0 bridgehead atoms. The Morgan fingerprint density at radius 2 is 1.70 bits per heavy atom. The monoisotopic (exact) mass is 306 g/mol. The topological polar surface area (TPSA) is 17.1 Å². The average Bonchev–Trinajstić information content (AvgIpc) is 2.48. The van der Waals surface area contributed by atoms with E-state index in [0.717, 1.165) is 12.8 Å². The van der Waals surface area contributed by atoms with Gasteiger partial charge in [-0.05, 0) is 42.2 Å². The lowest BCUT2D eigenvalue weighted by atomic mass is 9.96. The Balaban J connectivity index is 2.46. The minimum absolute atomic E-state index is 0.0881. The van der Waals surface area contributed by atoms with Gasteiger partial charge in [0.25, 0.3) is 0 Å². The van der Waals surface area contributed by atoms with E-state index in [-0.39, 0.29) is 5.78 Å². The van der Waals surface area contributed by atoms with Gasteiger partial charge in [-0.15, -0.1) is 0 Å². The van der Waals surface area contributed by atoms with E-state index in [1.807, 2.05) is 18.2 Å². The number of rotatable bonds is 4. The third-order valence-corrected chi connectivity index (χ3v) is 4.25. The van der Waals surface area contributed by atoms with Crippen molar-refractivity contribution in [2.45, 2.75) is 26.7 Å². The van der Waals surface area contributed by atoms with Crippen molar-refractivity contribution >= 4 is 29.0 Å². The first-order chi connectivity index (χ1) is 9.58. The Bertz CT molecular complexity index is 647. The Morgan fingerprint density at radius 3 is 2.35 bits per heavy atom. The Hall–Kier alpha value is -1.31. The molecule has 104 valence electrons. The molecule has 0 aromatic heterocycles. The van der Waals surface area contributed by atoms with Gasteiger partial charge >= 0.3 is 0 Å². The number of benzene rings is 2. The van der Waals surface area contributed by atoms with Gasteiger partial charge in [0, 0.05) is 11.1 Å². The summed E-state index contributed by atoms with van der Waals surface area (Å²) in [5.41, 5.74) is 3.59. The molecule has 2 aromatic rings. The van der Waals surface area contributed by atoms with Crippen LogP contribution in [0.2, 0.25) is 10.0 Å². The Kier molecular flexibility index (Phi) is 4.85. The number of ketones is 1. The molecule has 0 unspecified atom stereocenters. The maximum Gasteiger partial charge on any atom is 0.194 e. The van der Waals surface area contributed by atoms with Crippen LogP contribution >= 0.6 is 23.2 Å². The normalized spacial score (nSPS) is 10.6. The van der Waals surface area contributed by atoms with Gasteiger partial charge < -0.3 is 0 Å². The first-order valence-corrected chi connectivity index (χ1v) is 7.44. The van der Waals surface area contributed by atoms with E-state index < -0.39 is 0 Å². The van der Waals surface area contributed by atoms with Crippen molar-refractivity contribution in [2.75, 3.05) is 0 Å². The van der Waals surface area contributed by atoms with Crippen molar-refractivity contribution < 1.29 is 4.79 Å². The summed E-state index contributed by atoms with van der Waals surface area (Å²) >= 11 is 12.1. The fourth-order valence-corrected chi connectivity index (χ4v) is 2.66. The van der Waals surface area contributed by atoms with Crippen molar-refractivity contribution in [3.8, 4) is 0 Å². The van der Waals surface area contributed by atoms with Crippen LogP contribution in [0, 0.1) is 0 Å². The van der Waals surface area contributed by atoms with E-state index in [4.69, 9.17) is 23.2 Å². The van der Waals surface area contributed by atoms with Gasteiger partial charge in [-0.2, -0.15) is 0 Å². The van der Waals surface area contributed by atoms with Crippen LogP contribution in [0.25, 0.3) is 0 Å². The van der Waals surface area contributed by atoms with E-state index >= 15 is 0 Å². The summed E-state index contributed by atoms with van der Waals surface area (Å²) in [4.78, 5) is 12.5. The molecule has 0 heterocycles. The van der Waals surface area contributed by atoms with Gasteiger partial charge in [-0.3, -0.25) is 4.79 Å². The SMILES string of the molecule is CCc1ccc(C(=O)c2cccc(Cl)c2Cl)cc1CC. The Morgan fingerprint density at radius 1 is 1.00 bits per heavy atom. The largest absolute Gasteiger partial charge is 0.289 e. The number of carbonyl (C=O) groups excluding carboxylic acids is 1.